The second kappa shape index (κ2) is 44.7. The molecule has 11 rings (SSSR count). The van der Waals surface area contributed by atoms with Gasteiger partial charge in [-0.15, -0.1) is 11.3 Å². The maximum absolute atomic E-state index is 4.47. The van der Waals surface area contributed by atoms with Crippen molar-refractivity contribution in [3.8, 4) is 0 Å². The van der Waals surface area contributed by atoms with Gasteiger partial charge in [-0.05, 0) is 54.0 Å². The minimum absolute atomic E-state index is 0.778. The Morgan fingerprint density at radius 3 is 1.61 bits per heavy atom. The van der Waals surface area contributed by atoms with Crippen LogP contribution in [-0.2, 0) is 0 Å². The third kappa shape index (κ3) is 42.8. The Labute approximate surface area is 338 Å². The van der Waals surface area contributed by atoms with E-state index in [0.29, 0.717) is 0 Å². The van der Waals surface area contributed by atoms with Gasteiger partial charge in [-0.25, -0.2) is 24.3 Å². The SMILES string of the molecule is C1=CCN=C1.C1=CN=CC1.C1=CN=NC1.C1=NN=CC1.c1ccncc1.c1cncnc1.c1cnoc1.c1cnsc1.c1cocn1.c1cscn1.c1ncon1. The molecule has 0 radical (unpaired) electrons. The van der Waals surface area contributed by atoms with Crippen molar-refractivity contribution in [2.24, 2.45) is 30.4 Å². The van der Waals surface area contributed by atoms with E-state index in [9.17, 15) is 0 Å². The van der Waals surface area contributed by atoms with Crippen molar-refractivity contribution in [2.75, 3.05) is 13.1 Å². The summed E-state index contributed by atoms with van der Waals surface area (Å²) < 4.78 is 16.8. The second-order valence-electron chi connectivity index (χ2n) is 8.79. The average Bonchev–Trinajstić information content (AvgIpc) is 4.16. The minimum atomic E-state index is 0.778. The van der Waals surface area contributed by atoms with Crippen LogP contribution in [0.4, 0.5) is 0 Å². The standard InChI is InChI=1S/C5H5N.C4H4N2.2C4H5N.2C3H4N2.2C3H3NO.2C3H3NS.C2H2N2O/c1-2-4-6-5-3-1;1-2-5-4-6-3-1;4*1-2-4-5-3-1;1-2-5-3-4-1;1-2-4-5-3-1;1-2-5-3-4-1;1-2-4-5-3-1;1-3-2-5-4-1/h1-5H;1-4H;1,3-4H,2H2;1-3H,4H2;2-3H,1H2;1-2H,3H2;4*1-3H;1-2H. The van der Waals surface area contributed by atoms with Gasteiger partial charge in [0.15, 0.2) is 12.7 Å². The van der Waals surface area contributed by atoms with Gasteiger partial charge >= 0.3 is 0 Å². The highest BCUT2D eigenvalue weighted by molar-refractivity contribution is 7.07. The van der Waals surface area contributed by atoms with E-state index in [0.717, 1.165) is 25.9 Å². The Morgan fingerprint density at radius 1 is 0.544 bits per heavy atom. The van der Waals surface area contributed by atoms with Gasteiger partial charge < -0.3 is 13.5 Å². The van der Waals surface area contributed by atoms with E-state index in [-0.39, 0.29) is 0 Å². The predicted molar refractivity (Wildman–Crippen MR) is 223 cm³/mol. The summed E-state index contributed by atoms with van der Waals surface area (Å²) in [6.07, 6.45) is 42.6. The molecule has 0 atom stereocenters. The summed E-state index contributed by atoms with van der Waals surface area (Å²) in [6, 6.07) is 11.1. The lowest BCUT2D eigenvalue weighted by molar-refractivity contribution is 0.416. The molecule has 0 spiro atoms. The van der Waals surface area contributed by atoms with Crippen LogP contribution in [0, 0.1) is 0 Å². The third-order valence-electron chi connectivity index (χ3n) is 4.67. The van der Waals surface area contributed by atoms with Gasteiger partial charge in [0.25, 0.3) is 0 Å². The maximum Gasteiger partial charge on any atom is 0.213 e. The average molecular weight is 808 g/mol. The molecular formula is C37H41N15O3S2. The van der Waals surface area contributed by atoms with Crippen molar-refractivity contribution >= 4 is 47.7 Å². The Balaban J connectivity index is 0.000000314. The van der Waals surface area contributed by atoms with Gasteiger partial charge in [0.2, 0.25) is 6.39 Å². The zero-order valence-corrected chi connectivity index (χ0v) is 32.3. The number of aromatic nitrogens is 9. The van der Waals surface area contributed by atoms with E-state index in [4.69, 9.17) is 0 Å². The van der Waals surface area contributed by atoms with Gasteiger partial charge in [0.05, 0.1) is 31.0 Å². The lowest BCUT2D eigenvalue weighted by Crippen LogP contribution is -1.66. The molecule has 20 heteroatoms. The number of rotatable bonds is 0. The molecule has 0 amide bonds. The van der Waals surface area contributed by atoms with E-state index in [1.807, 2.05) is 65.5 Å². The molecule has 0 bridgehead atoms. The Morgan fingerprint density at radius 2 is 1.42 bits per heavy atom. The number of pyridine rings is 1. The summed E-state index contributed by atoms with van der Waals surface area (Å²) in [7, 11) is 0. The molecule has 0 aliphatic carbocycles. The first-order chi connectivity index (χ1) is 28.5. The Kier molecular flexibility index (Phi) is 37.3. The fraction of sp³-hybridized carbons (Fsp3) is 0.108. The highest BCUT2D eigenvalue weighted by atomic mass is 32.1. The number of oxazole rings is 1. The number of thiazole rings is 1. The number of hydrogen-bond acceptors (Lipinski definition) is 20. The molecule has 0 N–H and O–H groups in total. The largest absolute Gasteiger partial charge is 0.452 e. The highest BCUT2D eigenvalue weighted by Crippen LogP contribution is 1.88. The zero-order chi connectivity index (χ0) is 40.3. The van der Waals surface area contributed by atoms with Crippen molar-refractivity contribution in [1.29, 1.82) is 0 Å². The molecule has 0 fully saturated rings. The summed E-state index contributed by atoms with van der Waals surface area (Å²) in [5, 5.41) is 24.6. The van der Waals surface area contributed by atoms with Crippen molar-refractivity contribution in [3.63, 3.8) is 0 Å². The van der Waals surface area contributed by atoms with Crippen LogP contribution in [0.25, 0.3) is 0 Å². The molecule has 57 heavy (non-hydrogen) atoms. The second-order valence-corrected chi connectivity index (χ2v) is 10.2. The van der Waals surface area contributed by atoms with Crippen molar-refractivity contribution in [3.05, 3.63) is 177 Å². The first-order valence-electron chi connectivity index (χ1n) is 16.4. The molecule has 294 valence electrons. The van der Waals surface area contributed by atoms with Crippen LogP contribution in [0.2, 0.25) is 0 Å². The van der Waals surface area contributed by atoms with E-state index in [1.165, 1.54) is 49.5 Å². The predicted octanol–water partition coefficient (Wildman–Crippen LogP) is 8.28. The molecule has 18 nitrogen and oxygen atoms in total. The molecule has 7 aromatic rings. The molecule has 0 unspecified atom stereocenters. The molecule has 0 saturated heterocycles. The highest BCUT2D eigenvalue weighted by Gasteiger charge is 1.76. The maximum atomic E-state index is 4.47. The summed E-state index contributed by atoms with van der Waals surface area (Å²) >= 11 is 3.06. The lowest BCUT2D eigenvalue weighted by Gasteiger charge is -1.70. The fourth-order valence-corrected chi connectivity index (χ4v) is 3.19. The zero-order valence-electron chi connectivity index (χ0n) is 30.6. The topological polar surface area (TPSA) is 230 Å². The summed E-state index contributed by atoms with van der Waals surface area (Å²) in [4.78, 5) is 29.5. The van der Waals surface area contributed by atoms with Crippen LogP contribution in [0.5, 0.6) is 0 Å². The van der Waals surface area contributed by atoms with Gasteiger partial charge in [0.1, 0.15) is 18.9 Å². The van der Waals surface area contributed by atoms with Crippen molar-refractivity contribution < 1.29 is 13.5 Å². The number of hydrogen-bond donors (Lipinski definition) is 0. The monoisotopic (exact) mass is 807 g/mol. The van der Waals surface area contributed by atoms with Gasteiger partial charge in [-0.2, -0.15) is 20.4 Å². The van der Waals surface area contributed by atoms with Crippen LogP contribution in [0.3, 0.4) is 0 Å². The van der Waals surface area contributed by atoms with Crippen LogP contribution in [-0.4, -0.2) is 82.5 Å². The number of allylic oxidation sites excluding steroid dienone is 2. The van der Waals surface area contributed by atoms with E-state index < -0.39 is 0 Å². The quantitative estimate of drug-likeness (QED) is 0.141. The van der Waals surface area contributed by atoms with Crippen LogP contribution in [0.1, 0.15) is 12.8 Å². The number of azo groups is 1. The van der Waals surface area contributed by atoms with E-state index in [2.05, 4.69) is 88.5 Å². The molecule has 11 heterocycles. The summed E-state index contributed by atoms with van der Waals surface area (Å²) in [6.45, 7) is 1.67. The lowest BCUT2D eigenvalue weighted by atomic mass is 10.5. The molecule has 0 saturated carbocycles. The molecule has 4 aliphatic rings. The number of nitrogens with zero attached hydrogens (tertiary/aromatic N) is 15. The van der Waals surface area contributed by atoms with Gasteiger partial charge in [-0.3, -0.25) is 20.0 Å². The van der Waals surface area contributed by atoms with Crippen LogP contribution >= 0.6 is 22.9 Å². The first kappa shape index (κ1) is 47.6. The Hall–Kier alpha value is -7.45. The minimum Gasteiger partial charge on any atom is -0.452 e. The molecule has 7 aromatic heterocycles. The number of aliphatic imine (C=N–C) groups is 2. The molecule has 0 aromatic carbocycles. The Bertz CT molecular complexity index is 1430. The van der Waals surface area contributed by atoms with E-state index >= 15 is 0 Å². The fourth-order valence-electron chi connectivity index (χ4n) is 2.48. The normalized spacial score (nSPS) is 11.4. The smallest absolute Gasteiger partial charge is 0.213 e. The van der Waals surface area contributed by atoms with Crippen molar-refractivity contribution in [1.82, 2.24) is 44.6 Å². The molecule has 4 aliphatic heterocycles. The third-order valence-corrected chi connectivity index (χ3v) is 5.72. The van der Waals surface area contributed by atoms with E-state index in [1.54, 1.807) is 110 Å². The van der Waals surface area contributed by atoms with Crippen molar-refractivity contribution in [2.45, 2.75) is 12.8 Å². The summed E-state index contributed by atoms with van der Waals surface area (Å²) in [5.41, 5.74) is 1.79. The van der Waals surface area contributed by atoms with Crippen LogP contribution in [0.15, 0.2) is 221 Å². The van der Waals surface area contributed by atoms with Gasteiger partial charge in [0, 0.05) is 98.0 Å². The first-order valence-corrected chi connectivity index (χ1v) is 18.2. The van der Waals surface area contributed by atoms with Gasteiger partial charge in [-0.1, -0.05) is 28.5 Å². The summed E-state index contributed by atoms with van der Waals surface area (Å²) in [5.74, 6) is 0. The van der Waals surface area contributed by atoms with Crippen LogP contribution < -0.4 is 0 Å². The molecular weight excluding hydrogens is 767 g/mol.